The van der Waals surface area contributed by atoms with Crippen molar-refractivity contribution in [3.63, 3.8) is 0 Å². The Morgan fingerprint density at radius 1 is 1.41 bits per heavy atom. The van der Waals surface area contributed by atoms with Crippen molar-refractivity contribution in [2.45, 2.75) is 6.42 Å². The Bertz CT molecular complexity index is 274. The first-order chi connectivity index (χ1) is 8.03. The largest absolute Gasteiger partial charge is 0.396 e. The number of carbonyl (C=O) groups is 1. The fraction of sp³-hybridized carbons (Fsp3) is 0.875. The molecule has 17 heavy (non-hydrogen) atoms. The van der Waals surface area contributed by atoms with Gasteiger partial charge in [0.2, 0.25) is 5.91 Å². The summed E-state index contributed by atoms with van der Waals surface area (Å²) < 4.78 is 18.6. The molecule has 0 bridgehead atoms. The van der Waals surface area contributed by atoms with Gasteiger partial charge < -0.3 is 9.63 Å². The molecule has 2 N–H and O–H groups in total. The molecular weight excluding hydrogens is 290 g/mol. The number of amides is 1. The summed E-state index contributed by atoms with van der Waals surface area (Å²) >= 11 is 11.2. The van der Waals surface area contributed by atoms with Crippen LogP contribution in [0.15, 0.2) is 0 Å². The lowest BCUT2D eigenvalue weighted by Crippen LogP contribution is -2.35. The van der Waals surface area contributed by atoms with E-state index >= 15 is 0 Å². The van der Waals surface area contributed by atoms with E-state index in [0.29, 0.717) is 0 Å². The van der Waals surface area contributed by atoms with Crippen LogP contribution in [0, 0.1) is 0 Å². The minimum atomic E-state index is -3.48. The fourth-order valence-electron chi connectivity index (χ4n) is 1.12. The second-order valence-corrected chi connectivity index (χ2v) is 5.99. The molecule has 0 heterocycles. The predicted molar refractivity (Wildman–Crippen MR) is 67.5 cm³/mol. The molecule has 102 valence electrons. The van der Waals surface area contributed by atoms with Crippen molar-refractivity contribution in [3.05, 3.63) is 0 Å². The summed E-state index contributed by atoms with van der Waals surface area (Å²) in [7, 11) is -2.24. The molecular formula is C8H17Cl2N2O4P. The highest BCUT2D eigenvalue weighted by Gasteiger charge is 2.31. The summed E-state index contributed by atoms with van der Waals surface area (Å²) in [5.41, 5.74) is 0. The number of halogens is 2. The first-order valence-corrected chi connectivity index (χ1v) is 7.63. The Kier molecular flexibility index (Phi) is 9.22. The standard InChI is InChI=1S/C8H17Cl2N2O4P/c1-16-17(15,11-8(14)2-7-13)12(5-3-9)6-4-10/h13H,2-7H2,1H3,(H,11,14,15). The van der Waals surface area contributed by atoms with Gasteiger partial charge in [0.25, 0.3) is 0 Å². The van der Waals surface area contributed by atoms with Crippen molar-refractivity contribution < 1.29 is 19.0 Å². The number of nitrogens with one attached hydrogen (secondary N) is 1. The monoisotopic (exact) mass is 306 g/mol. The second-order valence-electron chi connectivity index (χ2n) is 3.04. The Balaban J connectivity index is 4.69. The van der Waals surface area contributed by atoms with E-state index in [2.05, 4.69) is 5.09 Å². The van der Waals surface area contributed by atoms with Gasteiger partial charge in [0.15, 0.2) is 0 Å². The lowest BCUT2D eigenvalue weighted by atomic mass is 10.4. The van der Waals surface area contributed by atoms with Crippen LogP contribution in [0.5, 0.6) is 0 Å². The third-order valence-corrected chi connectivity index (χ3v) is 4.42. The summed E-state index contributed by atoms with van der Waals surface area (Å²) in [6, 6.07) is 0. The normalized spacial score (nSPS) is 14.6. The van der Waals surface area contributed by atoms with Crippen LogP contribution in [-0.4, -0.2) is 54.3 Å². The van der Waals surface area contributed by atoms with Crippen LogP contribution in [0.1, 0.15) is 6.42 Å². The van der Waals surface area contributed by atoms with E-state index in [1.54, 1.807) is 0 Å². The molecule has 1 atom stereocenters. The average molecular weight is 307 g/mol. The molecule has 0 spiro atoms. The molecule has 0 rings (SSSR count). The molecule has 0 radical (unpaired) electrons. The molecule has 0 saturated carbocycles. The van der Waals surface area contributed by atoms with Gasteiger partial charge in [-0.3, -0.25) is 9.88 Å². The van der Waals surface area contributed by atoms with Gasteiger partial charge in [0, 0.05) is 32.0 Å². The van der Waals surface area contributed by atoms with Crippen LogP contribution >= 0.6 is 30.9 Å². The Hall–Kier alpha value is 0.160. The molecule has 0 fully saturated rings. The lowest BCUT2D eigenvalue weighted by molar-refractivity contribution is -0.120. The van der Waals surface area contributed by atoms with Gasteiger partial charge >= 0.3 is 7.67 Å². The summed E-state index contributed by atoms with van der Waals surface area (Å²) in [5.74, 6) is -0.0768. The first kappa shape index (κ1) is 17.2. The van der Waals surface area contributed by atoms with Gasteiger partial charge in [-0.2, -0.15) is 0 Å². The number of carbonyl (C=O) groups excluding carboxylic acids is 1. The average Bonchev–Trinajstić information content (AvgIpc) is 2.29. The molecule has 0 aliphatic carbocycles. The second kappa shape index (κ2) is 9.14. The Labute approximate surface area is 111 Å². The van der Waals surface area contributed by atoms with E-state index in [-0.39, 0.29) is 37.9 Å². The van der Waals surface area contributed by atoms with Crippen molar-refractivity contribution in [2.75, 3.05) is 38.6 Å². The van der Waals surface area contributed by atoms with Crippen LogP contribution < -0.4 is 5.09 Å². The van der Waals surface area contributed by atoms with Gasteiger partial charge in [-0.15, -0.1) is 23.2 Å². The zero-order valence-electron chi connectivity index (χ0n) is 9.56. The van der Waals surface area contributed by atoms with Gasteiger partial charge in [-0.25, -0.2) is 9.24 Å². The summed E-state index contributed by atoms with van der Waals surface area (Å²) in [6.45, 7) is 0.234. The van der Waals surface area contributed by atoms with Gasteiger partial charge in [-0.1, -0.05) is 0 Å². The molecule has 0 aliphatic heterocycles. The van der Waals surface area contributed by atoms with Crippen molar-refractivity contribution in [3.8, 4) is 0 Å². The number of nitrogens with zero attached hydrogens (tertiary/aromatic N) is 1. The molecule has 0 aromatic rings. The van der Waals surface area contributed by atoms with Crippen molar-refractivity contribution >= 4 is 36.8 Å². The highest BCUT2D eigenvalue weighted by molar-refractivity contribution is 7.55. The summed E-state index contributed by atoms with van der Waals surface area (Å²) in [4.78, 5) is 11.3. The summed E-state index contributed by atoms with van der Waals surface area (Å²) in [6.07, 6.45) is -0.136. The van der Waals surface area contributed by atoms with Crippen LogP contribution in [-0.2, 0) is 13.9 Å². The molecule has 1 unspecified atom stereocenters. The van der Waals surface area contributed by atoms with Crippen LogP contribution in [0.2, 0.25) is 0 Å². The number of aliphatic hydroxyl groups is 1. The van der Waals surface area contributed by atoms with E-state index in [4.69, 9.17) is 32.8 Å². The maximum Gasteiger partial charge on any atom is 0.370 e. The third kappa shape index (κ3) is 6.04. The number of hydrogen-bond donors (Lipinski definition) is 2. The number of aliphatic hydroxyl groups excluding tert-OH is 1. The fourth-order valence-corrected chi connectivity index (χ4v) is 3.38. The third-order valence-electron chi connectivity index (χ3n) is 1.91. The smallest absolute Gasteiger partial charge is 0.370 e. The molecule has 0 aromatic heterocycles. The SMILES string of the molecule is COP(=O)(NC(=O)CCO)N(CCCl)CCCl. The maximum atomic E-state index is 12.3. The Morgan fingerprint density at radius 2 is 1.94 bits per heavy atom. The predicted octanol–water partition coefficient (Wildman–Crippen LogP) is 1.02. The molecule has 0 saturated heterocycles. The van der Waals surface area contributed by atoms with Crippen molar-refractivity contribution in [1.29, 1.82) is 0 Å². The minimum Gasteiger partial charge on any atom is -0.396 e. The molecule has 0 aliphatic rings. The maximum absolute atomic E-state index is 12.3. The Morgan fingerprint density at radius 3 is 2.29 bits per heavy atom. The quantitative estimate of drug-likeness (QED) is 0.491. The van der Waals surface area contributed by atoms with Gasteiger partial charge in [-0.05, 0) is 0 Å². The number of alkyl halides is 2. The van der Waals surface area contributed by atoms with E-state index in [1.165, 1.54) is 11.8 Å². The van der Waals surface area contributed by atoms with E-state index < -0.39 is 13.6 Å². The van der Waals surface area contributed by atoms with E-state index in [0.717, 1.165) is 0 Å². The van der Waals surface area contributed by atoms with Crippen LogP contribution in [0.25, 0.3) is 0 Å². The van der Waals surface area contributed by atoms with E-state index in [1.807, 2.05) is 0 Å². The zero-order valence-corrected chi connectivity index (χ0v) is 12.0. The topological polar surface area (TPSA) is 78.9 Å². The first-order valence-electron chi connectivity index (χ1n) is 4.99. The van der Waals surface area contributed by atoms with Gasteiger partial charge in [0.1, 0.15) is 0 Å². The molecule has 6 nitrogen and oxygen atoms in total. The number of hydrogen-bond acceptors (Lipinski definition) is 4. The summed E-state index contributed by atoms with van der Waals surface area (Å²) in [5, 5.41) is 10.9. The van der Waals surface area contributed by atoms with E-state index in [9.17, 15) is 9.36 Å². The highest BCUT2D eigenvalue weighted by atomic mass is 35.5. The zero-order chi connectivity index (χ0) is 13.3. The lowest BCUT2D eigenvalue weighted by Gasteiger charge is -2.28. The molecule has 9 heteroatoms. The van der Waals surface area contributed by atoms with Crippen LogP contribution in [0.4, 0.5) is 0 Å². The van der Waals surface area contributed by atoms with Crippen LogP contribution in [0.3, 0.4) is 0 Å². The minimum absolute atomic E-state index is 0.136. The van der Waals surface area contributed by atoms with Crippen molar-refractivity contribution in [1.82, 2.24) is 9.76 Å². The molecule has 0 aromatic carbocycles. The number of rotatable bonds is 9. The highest BCUT2D eigenvalue weighted by Crippen LogP contribution is 2.45. The van der Waals surface area contributed by atoms with Gasteiger partial charge in [0.05, 0.1) is 13.0 Å². The van der Waals surface area contributed by atoms with Crippen molar-refractivity contribution in [2.24, 2.45) is 0 Å². The molecule has 1 amide bonds.